The molecule has 38 heavy (non-hydrogen) atoms. The minimum absolute atomic E-state index is 0.146. The fourth-order valence-corrected chi connectivity index (χ4v) is 7.15. The molecule has 1 aliphatic rings. The highest BCUT2D eigenvalue weighted by molar-refractivity contribution is 7.12. The van der Waals surface area contributed by atoms with Gasteiger partial charge in [0.25, 0.3) is 0 Å². The smallest absolute Gasteiger partial charge is 0.419 e. The number of aldehydes is 1. The van der Waals surface area contributed by atoms with Crippen molar-refractivity contribution >= 4 is 46.0 Å². The topological polar surface area (TPSA) is 102 Å². The number of ether oxygens (including phenoxy) is 1. The summed E-state index contributed by atoms with van der Waals surface area (Å²) in [7, 11) is 2.09. The van der Waals surface area contributed by atoms with Crippen LogP contribution >= 0.6 is 22.7 Å². The summed E-state index contributed by atoms with van der Waals surface area (Å²) in [6.07, 6.45) is 4.75. The summed E-state index contributed by atoms with van der Waals surface area (Å²) in [5, 5.41) is 14.1. The summed E-state index contributed by atoms with van der Waals surface area (Å²) >= 11 is 2.82. The van der Waals surface area contributed by atoms with E-state index >= 15 is 0 Å². The summed E-state index contributed by atoms with van der Waals surface area (Å²) in [5.41, 5.74) is 0.121. The Balaban J connectivity index is 1.18. The van der Waals surface area contributed by atoms with E-state index in [1.807, 2.05) is 35.0 Å². The molecule has 0 saturated heterocycles. The van der Waals surface area contributed by atoms with Gasteiger partial charge in [-0.1, -0.05) is 12.1 Å². The second-order valence-corrected chi connectivity index (χ2v) is 11.6. The van der Waals surface area contributed by atoms with Crippen LogP contribution in [0.15, 0.2) is 62.4 Å². The number of carbonyl (C=O) groups is 2. The first-order chi connectivity index (χ1) is 18.4. The predicted molar refractivity (Wildman–Crippen MR) is 147 cm³/mol. The molecule has 8 nitrogen and oxygen atoms in total. The Morgan fingerprint density at radius 1 is 1.16 bits per heavy atom. The molecule has 1 aliphatic carbocycles. The van der Waals surface area contributed by atoms with Crippen LogP contribution in [0, 0.1) is 0 Å². The van der Waals surface area contributed by atoms with Crippen molar-refractivity contribution in [2.75, 3.05) is 13.6 Å². The number of nitrogens with zero attached hydrogens (tertiary/aromatic N) is 2. The van der Waals surface area contributed by atoms with Crippen LogP contribution in [0.1, 0.15) is 52.2 Å². The van der Waals surface area contributed by atoms with Crippen LogP contribution in [0.5, 0.6) is 0 Å². The van der Waals surface area contributed by atoms with Crippen LogP contribution < -0.4 is 5.76 Å². The maximum atomic E-state index is 12.7. The van der Waals surface area contributed by atoms with E-state index in [-0.39, 0.29) is 6.10 Å². The maximum Gasteiger partial charge on any atom is 0.419 e. The third-order valence-corrected chi connectivity index (χ3v) is 9.31. The van der Waals surface area contributed by atoms with Crippen molar-refractivity contribution in [2.45, 2.75) is 56.4 Å². The minimum Gasteiger partial charge on any atom is -0.479 e. The first kappa shape index (κ1) is 26.6. The van der Waals surface area contributed by atoms with Gasteiger partial charge in [-0.25, -0.2) is 9.59 Å². The van der Waals surface area contributed by atoms with Crippen LogP contribution in [0.2, 0.25) is 0 Å². The molecule has 200 valence electrons. The van der Waals surface area contributed by atoms with Gasteiger partial charge in [0.2, 0.25) is 5.60 Å². The number of hydrogen-bond acceptors (Lipinski definition) is 8. The lowest BCUT2D eigenvalue weighted by Crippen LogP contribution is -2.44. The number of aliphatic carboxylic acids is 1. The molecule has 5 rings (SSSR count). The number of carboxylic acids is 1. The van der Waals surface area contributed by atoms with Crippen molar-refractivity contribution < 1.29 is 23.8 Å². The molecule has 1 N–H and O–H groups in total. The molecule has 0 spiro atoms. The van der Waals surface area contributed by atoms with Gasteiger partial charge in [0.05, 0.1) is 21.4 Å². The molecule has 1 saturated carbocycles. The first-order valence-corrected chi connectivity index (χ1v) is 14.5. The lowest BCUT2D eigenvalue weighted by Gasteiger charge is -2.38. The van der Waals surface area contributed by atoms with E-state index in [0.717, 1.165) is 44.9 Å². The predicted octanol–water partition coefficient (Wildman–Crippen LogP) is 5.21. The molecule has 0 atom stereocenters. The fourth-order valence-electron chi connectivity index (χ4n) is 5.34. The van der Waals surface area contributed by atoms with Gasteiger partial charge < -0.3 is 19.2 Å². The van der Waals surface area contributed by atoms with Gasteiger partial charge in [-0.15, -0.1) is 22.7 Å². The van der Waals surface area contributed by atoms with Crippen molar-refractivity contribution in [1.29, 1.82) is 0 Å². The number of aryl methyl sites for hydroxylation is 1. The molecule has 3 aromatic heterocycles. The lowest BCUT2D eigenvalue weighted by molar-refractivity contribution is -0.170. The molecule has 3 heterocycles. The lowest BCUT2D eigenvalue weighted by atomic mass is 9.90. The Bertz CT molecular complexity index is 1400. The second-order valence-electron chi connectivity index (χ2n) is 9.69. The molecule has 1 aromatic carbocycles. The Morgan fingerprint density at radius 2 is 1.84 bits per heavy atom. The number of aromatic nitrogens is 1. The van der Waals surface area contributed by atoms with Gasteiger partial charge in [0.1, 0.15) is 6.29 Å². The van der Waals surface area contributed by atoms with Gasteiger partial charge >= 0.3 is 11.7 Å². The number of carbonyl (C=O) groups excluding carboxylic acids is 1. The van der Waals surface area contributed by atoms with Gasteiger partial charge in [0.15, 0.2) is 5.58 Å². The molecule has 0 amide bonds. The number of hydrogen-bond donors (Lipinski definition) is 1. The van der Waals surface area contributed by atoms with Crippen LogP contribution in [0.3, 0.4) is 0 Å². The average Bonchev–Trinajstić information content (AvgIpc) is 3.70. The normalized spacial score (nSPS) is 18.3. The van der Waals surface area contributed by atoms with Gasteiger partial charge in [-0.05, 0) is 86.8 Å². The van der Waals surface area contributed by atoms with Crippen molar-refractivity contribution in [1.82, 2.24) is 9.47 Å². The zero-order valence-corrected chi connectivity index (χ0v) is 22.7. The Kier molecular flexibility index (Phi) is 7.94. The molecule has 10 heteroatoms. The zero-order valence-electron chi connectivity index (χ0n) is 21.1. The van der Waals surface area contributed by atoms with Crippen LogP contribution in [-0.2, 0) is 21.7 Å². The average molecular weight is 555 g/mol. The second kappa shape index (κ2) is 11.4. The number of fused-ring (bicyclic) bond motifs is 1. The molecular formula is C28H30N2O6S2. The highest BCUT2D eigenvalue weighted by atomic mass is 32.1. The van der Waals surface area contributed by atoms with Gasteiger partial charge in [-0.2, -0.15) is 0 Å². The van der Waals surface area contributed by atoms with E-state index in [1.165, 1.54) is 22.7 Å². The number of thiophene rings is 2. The van der Waals surface area contributed by atoms with Crippen LogP contribution in [0.4, 0.5) is 0 Å². The van der Waals surface area contributed by atoms with Gasteiger partial charge in [-0.3, -0.25) is 9.36 Å². The fraction of sp³-hybridized carbons (Fsp3) is 0.393. The summed E-state index contributed by atoms with van der Waals surface area (Å²) in [6.45, 7) is 1.34. The van der Waals surface area contributed by atoms with Crippen molar-refractivity contribution in [3.8, 4) is 0 Å². The Morgan fingerprint density at radius 3 is 2.42 bits per heavy atom. The van der Waals surface area contributed by atoms with E-state index in [0.29, 0.717) is 39.0 Å². The number of carboxylic acid groups (broad SMARTS) is 1. The van der Waals surface area contributed by atoms with E-state index in [9.17, 15) is 19.5 Å². The summed E-state index contributed by atoms with van der Waals surface area (Å²) < 4.78 is 13.4. The third-order valence-electron chi connectivity index (χ3n) is 7.37. The molecule has 1 fully saturated rings. The first-order valence-electron chi connectivity index (χ1n) is 12.7. The van der Waals surface area contributed by atoms with Crippen molar-refractivity contribution in [3.63, 3.8) is 0 Å². The van der Waals surface area contributed by atoms with Gasteiger partial charge in [0, 0.05) is 18.2 Å². The molecule has 0 radical (unpaired) electrons. The molecule has 0 unspecified atom stereocenters. The minimum atomic E-state index is -1.47. The quantitative estimate of drug-likeness (QED) is 0.254. The Labute approximate surface area is 228 Å². The van der Waals surface area contributed by atoms with Crippen molar-refractivity contribution in [3.05, 3.63) is 79.1 Å². The highest BCUT2D eigenvalue weighted by Gasteiger charge is 2.48. The molecule has 0 bridgehead atoms. The number of rotatable bonds is 11. The van der Waals surface area contributed by atoms with E-state index < -0.39 is 17.3 Å². The number of oxazole rings is 1. The zero-order chi connectivity index (χ0) is 26.7. The summed E-state index contributed by atoms with van der Waals surface area (Å²) in [6, 6.07) is 12.8. The van der Waals surface area contributed by atoms with Crippen molar-refractivity contribution in [2.24, 2.45) is 0 Å². The molecule has 4 aromatic rings. The number of benzene rings is 1. The standard InChI is InChI=1S/C28H30N2O6S2/c1-29(13-4-14-30-22-12-7-19(18-31)17-23(22)35-27(30)34)20-8-10-21(11-9-20)36-28(26(32)33,24-5-2-15-37-24)25-6-3-16-38-25/h2-3,5-7,12,15-18,20-21H,4,8-11,13-14H2,1H3,(H,32,33)/t20-,21-. The highest BCUT2D eigenvalue weighted by Crippen LogP contribution is 2.42. The summed E-state index contributed by atoms with van der Waals surface area (Å²) in [5.74, 6) is -1.40. The van der Waals surface area contributed by atoms with Crippen LogP contribution in [-0.4, -0.2) is 52.6 Å². The maximum absolute atomic E-state index is 12.7. The SMILES string of the molecule is CN(CCCn1c(=O)oc2cc(C=O)ccc21)[C@H]1CC[C@H](OC(C(=O)O)(c2cccs2)c2cccs2)CC1. The summed E-state index contributed by atoms with van der Waals surface area (Å²) in [4.78, 5) is 39.7. The van der Waals surface area contributed by atoms with E-state index in [1.54, 1.807) is 22.8 Å². The largest absolute Gasteiger partial charge is 0.479 e. The third kappa shape index (κ3) is 5.13. The van der Waals surface area contributed by atoms with E-state index in [4.69, 9.17) is 9.15 Å². The monoisotopic (exact) mass is 554 g/mol. The van der Waals surface area contributed by atoms with Crippen LogP contribution in [0.25, 0.3) is 11.1 Å². The van der Waals surface area contributed by atoms with E-state index in [2.05, 4.69) is 11.9 Å². The molecular weight excluding hydrogens is 524 g/mol. The Hall–Kier alpha value is -3.05. The molecule has 0 aliphatic heterocycles.